The molecule has 2 aromatic heterocycles. The summed E-state index contributed by atoms with van der Waals surface area (Å²) in [7, 11) is 0. The van der Waals surface area contributed by atoms with Crippen LogP contribution in [0.25, 0.3) is 10.7 Å². The molecule has 0 radical (unpaired) electrons. The Balaban J connectivity index is 2.00. The number of rotatable bonds is 5. The molecule has 5 nitrogen and oxygen atoms in total. The first kappa shape index (κ1) is 13.6. The van der Waals surface area contributed by atoms with Crippen molar-refractivity contribution in [3.05, 3.63) is 35.5 Å². The van der Waals surface area contributed by atoms with Crippen LogP contribution in [-0.4, -0.2) is 28.5 Å². The second kappa shape index (κ2) is 6.40. The number of carbonyl (C=O) groups is 1. The first-order valence-corrected chi connectivity index (χ1v) is 6.92. The molecule has 0 aromatic carbocycles. The van der Waals surface area contributed by atoms with Crippen LogP contribution >= 0.6 is 11.3 Å². The van der Waals surface area contributed by atoms with Gasteiger partial charge in [0.2, 0.25) is 5.91 Å². The van der Waals surface area contributed by atoms with Gasteiger partial charge in [0.25, 0.3) is 0 Å². The zero-order chi connectivity index (χ0) is 13.7. The van der Waals surface area contributed by atoms with Crippen molar-refractivity contribution >= 4 is 17.2 Å². The van der Waals surface area contributed by atoms with E-state index >= 15 is 0 Å². The normalized spacial score (nSPS) is 12.1. The van der Waals surface area contributed by atoms with Gasteiger partial charge in [-0.25, -0.2) is 4.98 Å². The molecule has 0 bridgehead atoms. The van der Waals surface area contributed by atoms with Crippen molar-refractivity contribution in [3.63, 3.8) is 0 Å². The highest BCUT2D eigenvalue weighted by Crippen LogP contribution is 2.21. The van der Waals surface area contributed by atoms with Crippen LogP contribution in [0.2, 0.25) is 0 Å². The van der Waals surface area contributed by atoms with E-state index in [4.69, 9.17) is 5.73 Å². The lowest BCUT2D eigenvalue weighted by Gasteiger charge is -2.09. The molecular formula is C13H16N4OS. The maximum absolute atomic E-state index is 11.7. The highest BCUT2D eigenvalue weighted by atomic mass is 32.1. The summed E-state index contributed by atoms with van der Waals surface area (Å²) >= 11 is 1.49. The summed E-state index contributed by atoms with van der Waals surface area (Å²) in [6.07, 6.45) is 2.00. The number of carbonyl (C=O) groups excluding carboxylic acids is 1. The molecule has 0 saturated heterocycles. The predicted molar refractivity (Wildman–Crippen MR) is 75.7 cm³/mol. The minimum absolute atomic E-state index is 0.0126. The Hall–Kier alpha value is -1.79. The van der Waals surface area contributed by atoms with Crippen molar-refractivity contribution in [2.24, 2.45) is 5.73 Å². The zero-order valence-corrected chi connectivity index (χ0v) is 11.5. The number of nitrogens with one attached hydrogen (secondary N) is 1. The molecule has 3 N–H and O–H groups in total. The average molecular weight is 276 g/mol. The van der Waals surface area contributed by atoms with Crippen molar-refractivity contribution in [2.45, 2.75) is 19.4 Å². The van der Waals surface area contributed by atoms with Gasteiger partial charge < -0.3 is 11.1 Å². The Morgan fingerprint density at radius 3 is 3.05 bits per heavy atom. The van der Waals surface area contributed by atoms with Crippen LogP contribution in [0.3, 0.4) is 0 Å². The van der Waals surface area contributed by atoms with Gasteiger partial charge in [-0.15, -0.1) is 11.3 Å². The van der Waals surface area contributed by atoms with Crippen LogP contribution < -0.4 is 11.1 Å². The number of aromatic nitrogens is 2. The van der Waals surface area contributed by atoms with E-state index in [2.05, 4.69) is 15.3 Å². The number of hydrogen-bond donors (Lipinski definition) is 2. The van der Waals surface area contributed by atoms with E-state index in [1.165, 1.54) is 11.3 Å². The van der Waals surface area contributed by atoms with E-state index in [1.54, 1.807) is 6.20 Å². The molecule has 100 valence electrons. The molecule has 1 atom stereocenters. The SMILES string of the molecule is C[C@@H](CN)NC(=O)Cc1csc(-c2ccccn2)n1. The Morgan fingerprint density at radius 2 is 2.37 bits per heavy atom. The molecule has 0 aliphatic carbocycles. The first-order valence-electron chi connectivity index (χ1n) is 6.04. The second-order valence-corrected chi connectivity index (χ2v) is 5.10. The fraction of sp³-hybridized carbons (Fsp3) is 0.308. The van der Waals surface area contributed by atoms with E-state index in [1.807, 2.05) is 30.5 Å². The number of hydrogen-bond acceptors (Lipinski definition) is 5. The first-order chi connectivity index (χ1) is 9.19. The summed E-state index contributed by atoms with van der Waals surface area (Å²) in [5, 5.41) is 5.53. The monoisotopic (exact) mass is 276 g/mol. The number of nitrogens with zero attached hydrogens (tertiary/aromatic N) is 2. The van der Waals surface area contributed by atoms with Gasteiger partial charge in [0.1, 0.15) is 5.01 Å². The van der Waals surface area contributed by atoms with Gasteiger partial charge in [0, 0.05) is 24.2 Å². The molecule has 2 aromatic rings. The number of pyridine rings is 1. The lowest BCUT2D eigenvalue weighted by Crippen LogP contribution is -2.38. The fourth-order valence-corrected chi connectivity index (χ4v) is 2.34. The highest BCUT2D eigenvalue weighted by molar-refractivity contribution is 7.13. The summed E-state index contributed by atoms with van der Waals surface area (Å²) in [4.78, 5) is 20.4. The molecule has 19 heavy (non-hydrogen) atoms. The van der Waals surface area contributed by atoms with Gasteiger partial charge in [-0.1, -0.05) is 6.07 Å². The summed E-state index contributed by atoms with van der Waals surface area (Å²) in [6.45, 7) is 2.31. The van der Waals surface area contributed by atoms with Gasteiger partial charge in [0.05, 0.1) is 17.8 Å². The van der Waals surface area contributed by atoms with Crippen LogP contribution in [0, 0.1) is 0 Å². The predicted octanol–water partition coefficient (Wildman–Crippen LogP) is 1.21. The molecule has 2 rings (SSSR count). The standard InChI is InChI=1S/C13H16N4OS/c1-9(7-14)16-12(18)6-10-8-19-13(17-10)11-4-2-3-5-15-11/h2-5,8-9H,6-7,14H2,1H3,(H,16,18)/t9-/m0/s1. The van der Waals surface area contributed by atoms with Crippen molar-refractivity contribution in [3.8, 4) is 10.7 Å². The third-order valence-corrected chi connectivity index (χ3v) is 3.45. The topological polar surface area (TPSA) is 80.9 Å². The summed E-state index contributed by atoms with van der Waals surface area (Å²) in [5.41, 5.74) is 7.04. The lowest BCUT2D eigenvalue weighted by molar-refractivity contribution is -0.121. The average Bonchev–Trinajstić information content (AvgIpc) is 2.88. The van der Waals surface area contributed by atoms with Gasteiger partial charge in [-0.2, -0.15) is 0 Å². The highest BCUT2D eigenvalue weighted by Gasteiger charge is 2.10. The van der Waals surface area contributed by atoms with Gasteiger partial charge in [-0.05, 0) is 19.1 Å². The smallest absolute Gasteiger partial charge is 0.226 e. The number of nitrogens with two attached hydrogens (primary N) is 1. The molecule has 0 saturated carbocycles. The zero-order valence-electron chi connectivity index (χ0n) is 10.7. The second-order valence-electron chi connectivity index (χ2n) is 4.24. The van der Waals surface area contributed by atoms with E-state index < -0.39 is 0 Å². The Labute approximate surface area is 115 Å². The third kappa shape index (κ3) is 3.84. The Bertz CT molecular complexity index is 541. The molecule has 0 aliphatic rings. The minimum atomic E-state index is -0.0594. The van der Waals surface area contributed by atoms with Crippen LogP contribution in [0.5, 0.6) is 0 Å². The fourth-order valence-electron chi connectivity index (χ4n) is 1.54. The summed E-state index contributed by atoms with van der Waals surface area (Å²) in [6, 6.07) is 5.67. The molecule has 0 spiro atoms. The maximum Gasteiger partial charge on any atom is 0.226 e. The van der Waals surface area contributed by atoms with Gasteiger partial charge in [-0.3, -0.25) is 9.78 Å². The van der Waals surface area contributed by atoms with Crippen LogP contribution in [-0.2, 0) is 11.2 Å². The molecule has 6 heteroatoms. The van der Waals surface area contributed by atoms with Crippen molar-refractivity contribution in [2.75, 3.05) is 6.54 Å². The molecule has 0 unspecified atom stereocenters. The van der Waals surface area contributed by atoms with Crippen LogP contribution in [0.15, 0.2) is 29.8 Å². The molecule has 2 heterocycles. The lowest BCUT2D eigenvalue weighted by atomic mass is 10.3. The largest absolute Gasteiger partial charge is 0.352 e. The summed E-state index contributed by atoms with van der Waals surface area (Å²) in [5.74, 6) is -0.0594. The van der Waals surface area contributed by atoms with E-state index in [9.17, 15) is 4.79 Å². The molecular weight excluding hydrogens is 260 g/mol. The molecule has 1 amide bonds. The van der Waals surface area contributed by atoms with E-state index in [0.717, 1.165) is 16.4 Å². The van der Waals surface area contributed by atoms with Gasteiger partial charge >= 0.3 is 0 Å². The summed E-state index contributed by atoms with van der Waals surface area (Å²) < 4.78 is 0. The minimum Gasteiger partial charge on any atom is -0.352 e. The van der Waals surface area contributed by atoms with Crippen molar-refractivity contribution in [1.82, 2.24) is 15.3 Å². The van der Waals surface area contributed by atoms with Crippen molar-refractivity contribution in [1.29, 1.82) is 0 Å². The van der Waals surface area contributed by atoms with Gasteiger partial charge in [0.15, 0.2) is 0 Å². The Morgan fingerprint density at radius 1 is 1.53 bits per heavy atom. The number of amides is 1. The quantitative estimate of drug-likeness (QED) is 0.860. The number of thiazole rings is 1. The molecule has 0 aliphatic heterocycles. The maximum atomic E-state index is 11.7. The van der Waals surface area contributed by atoms with Crippen LogP contribution in [0.4, 0.5) is 0 Å². The van der Waals surface area contributed by atoms with Crippen LogP contribution in [0.1, 0.15) is 12.6 Å². The van der Waals surface area contributed by atoms with E-state index in [0.29, 0.717) is 6.54 Å². The Kier molecular flexibility index (Phi) is 4.59. The molecule has 0 fully saturated rings. The third-order valence-electron chi connectivity index (χ3n) is 2.54. The van der Waals surface area contributed by atoms with E-state index in [-0.39, 0.29) is 18.4 Å². The van der Waals surface area contributed by atoms with Crippen molar-refractivity contribution < 1.29 is 4.79 Å².